The smallest absolute Gasteiger partial charge is 0.273 e. The van der Waals surface area contributed by atoms with Crippen molar-refractivity contribution >= 4 is 33.0 Å². The molecule has 0 spiro atoms. The van der Waals surface area contributed by atoms with Crippen molar-refractivity contribution in [2.75, 3.05) is 24.3 Å². The molecular weight excluding hydrogens is 450 g/mol. The molecule has 0 unspecified atom stereocenters. The van der Waals surface area contributed by atoms with Crippen LogP contribution in [0.3, 0.4) is 0 Å². The van der Waals surface area contributed by atoms with E-state index in [1.54, 1.807) is 18.2 Å². The molecule has 0 bridgehead atoms. The number of nitro benzene ring substituents is 1. The molecule has 10 nitrogen and oxygen atoms in total. The van der Waals surface area contributed by atoms with Gasteiger partial charge < -0.3 is 14.8 Å². The largest absolute Gasteiger partial charge is 0.497 e. The van der Waals surface area contributed by atoms with Crippen LogP contribution in [0.1, 0.15) is 15.9 Å². The first kappa shape index (κ1) is 23.5. The molecule has 0 saturated carbocycles. The molecule has 0 radical (unpaired) electrons. The first-order valence-electron chi connectivity index (χ1n) is 9.56. The lowest BCUT2D eigenvalue weighted by molar-refractivity contribution is -0.385. The zero-order valence-corrected chi connectivity index (χ0v) is 18.8. The predicted octanol–water partition coefficient (Wildman–Crippen LogP) is 3.97. The molecule has 0 aliphatic carbocycles. The van der Waals surface area contributed by atoms with Gasteiger partial charge in [-0.3, -0.25) is 19.6 Å². The van der Waals surface area contributed by atoms with Crippen molar-refractivity contribution < 1.29 is 27.6 Å². The third-order valence-electron chi connectivity index (χ3n) is 4.74. The van der Waals surface area contributed by atoms with Gasteiger partial charge in [-0.05, 0) is 49.4 Å². The number of carbonyl (C=O) groups is 1. The van der Waals surface area contributed by atoms with Gasteiger partial charge in [0, 0.05) is 28.9 Å². The number of nitrogens with zero attached hydrogens (tertiary/aromatic N) is 1. The number of benzene rings is 3. The second kappa shape index (κ2) is 9.57. The van der Waals surface area contributed by atoms with Crippen LogP contribution in [0.25, 0.3) is 0 Å². The average molecular weight is 471 g/mol. The minimum absolute atomic E-state index is 0.191. The maximum atomic E-state index is 12.6. The van der Waals surface area contributed by atoms with Crippen molar-refractivity contribution in [3.8, 4) is 11.5 Å². The number of nitro groups is 1. The highest BCUT2D eigenvalue weighted by atomic mass is 32.2. The number of nitrogens with one attached hydrogen (secondary N) is 2. The monoisotopic (exact) mass is 471 g/mol. The lowest BCUT2D eigenvalue weighted by Gasteiger charge is -2.12. The maximum absolute atomic E-state index is 12.6. The lowest BCUT2D eigenvalue weighted by atomic mass is 10.2. The van der Waals surface area contributed by atoms with E-state index in [1.165, 1.54) is 57.5 Å². The molecule has 172 valence electrons. The van der Waals surface area contributed by atoms with E-state index in [0.29, 0.717) is 22.7 Å². The molecular formula is C22H21N3O7S. The van der Waals surface area contributed by atoms with E-state index in [0.717, 1.165) is 6.07 Å². The van der Waals surface area contributed by atoms with Crippen LogP contribution in [-0.4, -0.2) is 33.5 Å². The van der Waals surface area contributed by atoms with Gasteiger partial charge in [-0.15, -0.1) is 0 Å². The van der Waals surface area contributed by atoms with Gasteiger partial charge in [0.2, 0.25) is 0 Å². The lowest BCUT2D eigenvalue weighted by Crippen LogP contribution is -2.15. The zero-order valence-electron chi connectivity index (χ0n) is 18.0. The average Bonchev–Trinajstić information content (AvgIpc) is 2.79. The summed E-state index contributed by atoms with van der Waals surface area (Å²) in [5, 5.41) is 13.8. The number of carbonyl (C=O) groups excluding carboxylic acids is 1. The third kappa shape index (κ3) is 5.39. The van der Waals surface area contributed by atoms with Gasteiger partial charge in [-0.25, -0.2) is 8.42 Å². The molecule has 11 heteroatoms. The van der Waals surface area contributed by atoms with Crippen LogP contribution in [0.5, 0.6) is 11.5 Å². The van der Waals surface area contributed by atoms with Crippen LogP contribution >= 0.6 is 0 Å². The van der Waals surface area contributed by atoms with Crippen molar-refractivity contribution in [1.82, 2.24) is 0 Å². The van der Waals surface area contributed by atoms with Crippen molar-refractivity contribution in [2.24, 2.45) is 0 Å². The van der Waals surface area contributed by atoms with Crippen LogP contribution in [0, 0.1) is 17.0 Å². The predicted molar refractivity (Wildman–Crippen MR) is 123 cm³/mol. The number of ether oxygens (including phenoxy) is 2. The van der Waals surface area contributed by atoms with E-state index < -0.39 is 20.9 Å². The van der Waals surface area contributed by atoms with Gasteiger partial charge in [-0.2, -0.15) is 0 Å². The number of hydrogen-bond acceptors (Lipinski definition) is 7. The molecule has 3 rings (SSSR count). The Morgan fingerprint density at radius 1 is 0.970 bits per heavy atom. The fourth-order valence-electron chi connectivity index (χ4n) is 2.95. The number of methoxy groups -OCH3 is 2. The quantitative estimate of drug-likeness (QED) is 0.374. The highest BCUT2D eigenvalue weighted by Crippen LogP contribution is 2.29. The van der Waals surface area contributed by atoms with Crippen LogP contribution in [0.4, 0.5) is 17.1 Å². The number of hydrogen-bond donors (Lipinski definition) is 2. The van der Waals surface area contributed by atoms with Gasteiger partial charge in [0.25, 0.3) is 21.6 Å². The van der Waals surface area contributed by atoms with E-state index in [9.17, 15) is 23.3 Å². The molecule has 0 aromatic heterocycles. The second-order valence-corrected chi connectivity index (χ2v) is 8.59. The minimum Gasteiger partial charge on any atom is -0.497 e. The Morgan fingerprint density at radius 3 is 2.27 bits per heavy atom. The summed E-state index contributed by atoms with van der Waals surface area (Å²) < 4.78 is 38.0. The van der Waals surface area contributed by atoms with Gasteiger partial charge in [-0.1, -0.05) is 6.07 Å². The van der Waals surface area contributed by atoms with Crippen molar-refractivity contribution in [2.45, 2.75) is 11.8 Å². The van der Waals surface area contributed by atoms with E-state index >= 15 is 0 Å². The Kier molecular flexibility index (Phi) is 6.83. The van der Waals surface area contributed by atoms with E-state index in [-0.39, 0.29) is 21.8 Å². The van der Waals surface area contributed by atoms with Crippen molar-refractivity contribution in [3.63, 3.8) is 0 Å². The molecule has 0 aliphatic rings. The molecule has 1 amide bonds. The summed E-state index contributed by atoms with van der Waals surface area (Å²) in [7, 11) is -1.08. The summed E-state index contributed by atoms with van der Waals surface area (Å²) in [6.45, 7) is 1.52. The van der Waals surface area contributed by atoms with Gasteiger partial charge >= 0.3 is 0 Å². The standard InChI is InChI=1S/C22H21N3O7S/c1-14-4-10-18(13-20(14)25(27)28)33(29,30)24-16-7-5-15(6-8-16)22(26)23-19-11-9-17(31-2)12-21(19)32-3/h4-13,24H,1-3H3,(H,23,26). The molecule has 0 fully saturated rings. The fraction of sp³-hybridized carbons (Fsp3) is 0.136. The molecule has 2 N–H and O–H groups in total. The minimum atomic E-state index is -4.07. The number of amides is 1. The topological polar surface area (TPSA) is 137 Å². The number of anilines is 2. The molecule has 0 aliphatic heterocycles. The van der Waals surface area contributed by atoms with Crippen LogP contribution < -0.4 is 19.5 Å². The molecule has 0 saturated heterocycles. The Balaban J connectivity index is 1.76. The Bertz CT molecular complexity index is 1310. The molecule has 3 aromatic carbocycles. The molecule has 3 aromatic rings. The normalized spacial score (nSPS) is 10.9. The van der Waals surface area contributed by atoms with Crippen molar-refractivity contribution in [1.29, 1.82) is 0 Å². The van der Waals surface area contributed by atoms with Gasteiger partial charge in [0.1, 0.15) is 11.5 Å². The van der Waals surface area contributed by atoms with E-state index in [2.05, 4.69) is 10.0 Å². The van der Waals surface area contributed by atoms with E-state index in [4.69, 9.17) is 9.47 Å². The van der Waals surface area contributed by atoms with Crippen LogP contribution in [0.15, 0.2) is 65.6 Å². The fourth-order valence-corrected chi connectivity index (χ4v) is 4.03. The number of sulfonamides is 1. The Morgan fingerprint density at radius 2 is 1.67 bits per heavy atom. The van der Waals surface area contributed by atoms with Gasteiger partial charge in [0.05, 0.1) is 29.7 Å². The Hall–Kier alpha value is -4.12. The third-order valence-corrected chi connectivity index (χ3v) is 6.12. The highest BCUT2D eigenvalue weighted by Gasteiger charge is 2.20. The maximum Gasteiger partial charge on any atom is 0.273 e. The summed E-state index contributed by atoms with van der Waals surface area (Å²) in [5.41, 5.74) is 0.967. The highest BCUT2D eigenvalue weighted by molar-refractivity contribution is 7.92. The summed E-state index contributed by atoms with van der Waals surface area (Å²) in [4.78, 5) is 22.8. The summed E-state index contributed by atoms with van der Waals surface area (Å²) >= 11 is 0. The first-order chi connectivity index (χ1) is 15.6. The van der Waals surface area contributed by atoms with Crippen LogP contribution in [0.2, 0.25) is 0 Å². The summed E-state index contributed by atoms with van der Waals surface area (Å²) in [5.74, 6) is 0.557. The SMILES string of the molecule is COc1ccc(NC(=O)c2ccc(NS(=O)(=O)c3ccc(C)c([N+](=O)[O-])c3)cc2)c(OC)c1. The number of aryl methyl sites for hydroxylation is 1. The van der Waals surface area contributed by atoms with Crippen LogP contribution in [-0.2, 0) is 10.0 Å². The van der Waals surface area contributed by atoms with Crippen molar-refractivity contribution in [3.05, 3.63) is 81.9 Å². The first-order valence-corrected chi connectivity index (χ1v) is 11.0. The Labute approximate surface area is 190 Å². The zero-order chi connectivity index (χ0) is 24.2. The summed E-state index contributed by atoms with van der Waals surface area (Å²) in [6, 6.07) is 14.3. The molecule has 0 heterocycles. The van der Waals surface area contributed by atoms with Gasteiger partial charge in [0.15, 0.2) is 0 Å². The molecule has 33 heavy (non-hydrogen) atoms. The second-order valence-electron chi connectivity index (χ2n) is 6.91. The summed E-state index contributed by atoms with van der Waals surface area (Å²) in [6.07, 6.45) is 0. The molecule has 0 atom stereocenters. The number of rotatable bonds is 8. The van der Waals surface area contributed by atoms with E-state index in [1.807, 2.05) is 0 Å².